The number of hydrogen-bond donors (Lipinski definition) is 0. The van der Waals surface area contributed by atoms with Crippen molar-refractivity contribution >= 4 is 16.9 Å². The zero-order valence-electron chi connectivity index (χ0n) is 19.2. The van der Waals surface area contributed by atoms with Crippen molar-refractivity contribution in [2.24, 2.45) is 5.92 Å². The number of hydrogen-bond acceptors (Lipinski definition) is 6. The Morgan fingerprint density at radius 1 is 1.06 bits per heavy atom. The Labute approximate surface area is 195 Å². The van der Waals surface area contributed by atoms with Crippen LogP contribution in [0.15, 0.2) is 18.5 Å². The van der Waals surface area contributed by atoms with Gasteiger partial charge < -0.3 is 9.64 Å². The van der Waals surface area contributed by atoms with Crippen molar-refractivity contribution in [3.8, 4) is 0 Å². The number of halogens is 3. The Hall–Kier alpha value is -2.75. The molecular weight excluding hydrogens is 445 g/mol. The van der Waals surface area contributed by atoms with Gasteiger partial charge in [-0.3, -0.25) is 4.68 Å². The maximum Gasteiger partial charge on any atom is 0.391 e. The van der Waals surface area contributed by atoms with Gasteiger partial charge >= 0.3 is 6.18 Å². The van der Waals surface area contributed by atoms with Crippen molar-refractivity contribution in [1.82, 2.24) is 24.7 Å². The van der Waals surface area contributed by atoms with E-state index in [2.05, 4.69) is 21.2 Å². The second-order valence-corrected chi connectivity index (χ2v) is 9.83. The molecule has 3 aromatic rings. The van der Waals surface area contributed by atoms with Gasteiger partial charge in [0.15, 0.2) is 0 Å². The third kappa shape index (κ3) is 3.91. The molecule has 1 aliphatic heterocycles. The summed E-state index contributed by atoms with van der Waals surface area (Å²) in [5.41, 5.74) is 4.55. The van der Waals surface area contributed by atoms with Crippen LogP contribution in [0.3, 0.4) is 0 Å². The first-order valence-corrected chi connectivity index (χ1v) is 11.9. The Kier molecular flexibility index (Phi) is 5.05. The number of morpholine rings is 1. The van der Waals surface area contributed by atoms with E-state index in [1.54, 1.807) is 0 Å². The lowest BCUT2D eigenvalue weighted by atomic mass is 9.72. The van der Waals surface area contributed by atoms with E-state index in [0.717, 1.165) is 22.8 Å². The van der Waals surface area contributed by atoms with Gasteiger partial charge in [-0.1, -0.05) is 0 Å². The molecule has 2 aliphatic carbocycles. The van der Waals surface area contributed by atoms with Crippen LogP contribution >= 0.6 is 0 Å². The number of alkyl halides is 3. The summed E-state index contributed by atoms with van der Waals surface area (Å²) in [5, 5.41) is 4.49. The standard InChI is InChI=1S/C24H27F3N6O/c1-13-14(2)30-23-19(29-13)9-21(31-22(23)15-7-17(8-15)24(25,26)27)32-5-6-34-20(12-32)16-10-28-33(11-16)18-3-4-18/h9-11,15,17-18,20H,3-8,12H2,1-2H3/t15-,17-,20-/m1/s1. The molecule has 0 bridgehead atoms. The van der Waals surface area contributed by atoms with E-state index in [4.69, 9.17) is 14.7 Å². The maximum atomic E-state index is 13.2. The van der Waals surface area contributed by atoms with Crippen molar-refractivity contribution in [2.45, 2.75) is 63.8 Å². The van der Waals surface area contributed by atoms with E-state index in [1.165, 1.54) is 12.8 Å². The fourth-order valence-corrected chi connectivity index (χ4v) is 4.91. The van der Waals surface area contributed by atoms with Gasteiger partial charge in [0.25, 0.3) is 0 Å². The first-order valence-electron chi connectivity index (χ1n) is 11.9. The molecule has 3 fully saturated rings. The van der Waals surface area contributed by atoms with Crippen molar-refractivity contribution in [3.63, 3.8) is 0 Å². The molecule has 0 unspecified atom stereocenters. The predicted molar refractivity (Wildman–Crippen MR) is 120 cm³/mol. The monoisotopic (exact) mass is 472 g/mol. The van der Waals surface area contributed by atoms with Crippen LogP contribution < -0.4 is 4.90 Å². The number of fused-ring (bicyclic) bond motifs is 1. The topological polar surface area (TPSA) is 69.0 Å². The highest BCUT2D eigenvalue weighted by Gasteiger charge is 2.49. The van der Waals surface area contributed by atoms with Crippen molar-refractivity contribution in [3.05, 3.63) is 41.1 Å². The van der Waals surface area contributed by atoms with Crippen molar-refractivity contribution in [1.29, 1.82) is 0 Å². The smallest absolute Gasteiger partial charge is 0.370 e. The minimum Gasteiger partial charge on any atom is -0.370 e. The predicted octanol–water partition coefficient (Wildman–Crippen LogP) is 4.81. The van der Waals surface area contributed by atoms with Crippen LogP contribution in [0.25, 0.3) is 11.0 Å². The molecule has 0 radical (unpaired) electrons. The van der Waals surface area contributed by atoms with Gasteiger partial charge in [-0.2, -0.15) is 18.3 Å². The summed E-state index contributed by atoms with van der Waals surface area (Å²) in [6.45, 7) is 5.55. The molecule has 180 valence electrons. The van der Waals surface area contributed by atoms with Crippen molar-refractivity contribution in [2.75, 3.05) is 24.6 Å². The minimum atomic E-state index is -4.16. The molecule has 0 spiro atoms. The van der Waals surface area contributed by atoms with E-state index < -0.39 is 12.1 Å². The third-order valence-corrected chi connectivity index (χ3v) is 7.37. The summed E-state index contributed by atoms with van der Waals surface area (Å²) >= 11 is 0. The van der Waals surface area contributed by atoms with Gasteiger partial charge in [-0.15, -0.1) is 0 Å². The number of nitrogens with zero attached hydrogens (tertiary/aromatic N) is 6. The van der Waals surface area contributed by atoms with Gasteiger partial charge in [0, 0.05) is 36.8 Å². The van der Waals surface area contributed by atoms with E-state index >= 15 is 0 Å². The molecule has 4 heterocycles. The second kappa shape index (κ2) is 7.90. The van der Waals surface area contributed by atoms with Crippen LogP contribution in [0.1, 0.15) is 66.4 Å². The number of rotatable bonds is 4. The zero-order chi connectivity index (χ0) is 23.6. The molecule has 1 atom stereocenters. The summed E-state index contributed by atoms with van der Waals surface area (Å²) in [7, 11) is 0. The summed E-state index contributed by atoms with van der Waals surface area (Å²) in [5.74, 6) is -0.814. The molecule has 0 N–H and O–H groups in total. The van der Waals surface area contributed by atoms with Crippen molar-refractivity contribution < 1.29 is 17.9 Å². The van der Waals surface area contributed by atoms with Gasteiger partial charge in [0.1, 0.15) is 17.4 Å². The van der Waals surface area contributed by atoms with Gasteiger partial charge in [-0.25, -0.2) is 15.0 Å². The molecule has 34 heavy (non-hydrogen) atoms. The molecule has 3 aliphatic rings. The van der Waals surface area contributed by atoms with Gasteiger partial charge in [0.2, 0.25) is 0 Å². The van der Waals surface area contributed by atoms with E-state index in [0.29, 0.717) is 42.5 Å². The van der Waals surface area contributed by atoms with Crippen LogP contribution in [0.4, 0.5) is 19.0 Å². The Morgan fingerprint density at radius 2 is 1.82 bits per heavy atom. The fourth-order valence-electron chi connectivity index (χ4n) is 4.91. The van der Waals surface area contributed by atoms with Crippen LogP contribution in [0.5, 0.6) is 0 Å². The summed E-state index contributed by atoms with van der Waals surface area (Å²) in [6.07, 6.45) is 2.07. The van der Waals surface area contributed by atoms with Crippen LogP contribution in [-0.2, 0) is 4.74 Å². The molecule has 2 saturated carbocycles. The summed E-state index contributed by atoms with van der Waals surface area (Å²) in [4.78, 5) is 16.4. The normalized spacial score (nSPS) is 25.6. The first kappa shape index (κ1) is 21.8. The number of anilines is 1. The average molecular weight is 473 g/mol. The Bertz CT molecular complexity index is 1230. The molecule has 6 rings (SSSR count). The minimum absolute atomic E-state index is 0.0513. The lowest BCUT2D eigenvalue weighted by Crippen LogP contribution is -2.39. The van der Waals surface area contributed by atoms with Gasteiger partial charge in [0.05, 0.1) is 47.4 Å². The molecule has 3 aromatic heterocycles. The fraction of sp³-hybridized carbons (Fsp3) is 0.583. The number of aryl methyl sites for hydroxylation is 2. The zero-order valence-corrected chi connectivity index (χ0v) is 19.2. The van der Waals surface area contributed by atoms with Crippen LogP contribution in [-0.4, -0.2) is 50.6 Å². The van der Waals surface area contributed by atoms with E-state index in [1.807, 2.05) is 30.8 Å². The van der Waals surface area contributed by atoms with E-state index in [-0.39, 0.29) is 24.9 Å². The lowest BCUT2D eigenvalue weighted by Gasteiger charge is -2.37. The average Bonchev–Trinajstić information content (AvgIpc) is 3.49. The highest BCUT2D eigenvalue weighted by Crippen LogP contribution is 2.50. The van der Waals surface area contributed by atoms with E-state index in [9.17, 15) is 13.2 Å². The van der Waals surface area contributed by atoms with Gasteiger partial charge in [-0.05, 0) is 39.5 Å². The number of aromatic nitrogens is 5. The quantitative estimate of drug-likeness (QED) is 0.543. The Morgan fingerprint density at radius 3 is 2.56 bits per heavy atom. The summed E-state index contributed by atoms with van der Waals surface area (Å²) in [6, 6.07) is 2.42. The highest BCUT2D eigenvalue weighted by atomic mass is 19.4. The van der Waals surface area contributed by atoms with Crippen LogP contribution in [0.2, 0.25) is 0 Å². The lowest BCUT2D eigenvalue weighted by molar-refractivity contribution is -0.197. The molecule has 7 nitrogen and oxygen atoms in total. The SMILES string of the molecule is Cc1nc2cc(N3CCO[C@@H](c4cnn(C5CC5)c4)C3)nc([C@H]3C[C@H](C(F)(F)F)C3)c2nc1C. The summed E-state index contributed by atoms with van der Waals surface area (Å²) < 4.78 is 47.6. The molecule has 0 aromatic carbocycles. The molecular formula is C24H27F3N6O. The maximum absolute atomic E-state index is 13.2. The largest absolute Gasteiger partial charge is 0.391 e. The highest BCUT2D eigenvalue weighted by molar-refractivity contribution is 5.80. The molecule has 1 saturated heterocycles. The molecule has 0 amide bonds. The third-order valence-electron chi connectivity index (χ3n) is 7.37. The van der Waals surface area contributed by atoms with Crippen LogP contribution in [0, 0.1) is 19.8 Å². The number of ether oxygens (including phenoxy) is 1. The number of pyridine rings is 1. The first-order chi connectivity index (χ1) is 16.3. The molecule has 10 heteroatoms. The Balaban J connectivity index is 1.32. The second-order valence-electron chi connectivity index (χ2n) is 9.83.